The van der Waals surface area contributed by atoms with E-state index in [1.54, 1.807) is 18.2 Å². The van der Waals surface area contributed by atoms with Crippen molar-refractivity contribution >= 4 is 57.3 Å². The minimum atomic E-state index is -0.788. The van der Waals surface area contributed by atoms with Crippen LogP contribution in [0.1, 0.15) is 18.1 Å². The van der Waals surface area contributed by atoms with Crippen LogP contribution in [0.25, 0.3) is 16.8 Å². The molecule has 10 heteroatoms. The fourth-order valence-electron chi connectivity index (χ4n) is 3.86. The zero-order chi connectivity index (χ0) is 27.9. The Morgan fingerprint density at radius 2 is 1.74 bits per heavy atom. The Kier molecular flexibility index (Phi) is 8.67. The number of fused-ring (bicyclic) bond motifs is 1. The second-order valence-corrected chi connectivity index (χ2v) is 9.05. The van der Waals surface area contributed by atoms with E-state index in [9.17, 15) is 20.2 Å². The summed E-state index contributed by atoms with van der Waals surface area (Å²) in [5, 5.41) is 25.0. The highest BCUT2D eigenvalue weighted by Gasteiger charge is 2.19. The molecule has 1 N–H and O–H groups in total. The molecule has 0 saturated heterocycles. The van der Waals surface area contributed by atoms with Crippen LogP contribution in [-0.4, -0.2) is 17.4 Å². The average molecular weight is 562 g/mol. The number of amides is 1. The number of nitrogens with one attached hydrogen (secondary N) is 1. The van der Waals surface area contributed by atoms with Crippen molar-refractivity contribution in [1.29, 1.82) is 5.26 Å². The van der Waals surface area contributed by atoms with Gasteiger partial charge in [-0.3, -0.25) is 14.9 Å². The lowest BCUT2D eigenvalue weighted by atomic mass is 10.1. The first-order chi connectivity index (χ1) is 18.8. The Labute approximate surface area is 234 Å². The highest BCUT2D eigenvalue weighted by Crippen LogP contribution is 2.35. The van der Waals surface area contributed by atoms with Gasteiger partial charge in [0.15, 0.2) is 11.5 Å². The summed E-state index contributed by atoms with van der Waals surface area (Å²) in [6.45, 7) is 2.53. The summed E-state index contributed by atoms with van der Waals surface area (Å²) < 4.78 is 11.8. The van der Waals surface area contributed by atoms with E-state index >= 15 is 0 Å². The zero-order valence-electron chi connectivity index (χ0n) is 20.6. The maximum Gasteiger partial charge on any atom is 0.272 e. The van der Waals surface area contributed by atoms with Crippen LogP contribution in [0.5, 0.6) is 11.5 Å². The topological polar surface area (TPSA) is 114 Å². The van der Waals surface area contributed by atoms with Gasteiger partial charge in [-0.1, -0.05) is 71.7 Å². The van der Waals surface area contributed by atoms with Crippen LogP contribution in [0.15, 0.2) is 78.4 Å². The predicted molar refractivity (Wildman–Crippen MR) is 151 cm³/mol. The highest BCUT2D eigenvalue weighted by atomic mass is 35.5. The Bertz CT molecular complexity index is 1620. The van der Waals surface area contributed by atoms with Crippen molar-refractivity contribution in [3.63, 3.8) is 0 Å². The van der Waals surface area contributed by atoms with E-state index in [2.05, 4.69) is 5.32 Å². The van der Waals surface area contributed by atoms with E-state index in [4.69, 9.17) is 32.7 Å². The number of ether oxygens (including phenoxy) is 2. The fraction of sp³-hybridized carbons (Fsp3) is 0.103. The zero-order valence-corrected chi connectivity index (χ0v) is 22.1. The van der Waals surface area contributed by atoms with E-state index in [0.29, 0.717) is 30.3 Å². The minimum absolute atomic E-state index is 0.0396. The monoisotopic (exact) mass is 561 g/mol. The number of hydrogen-bond acceptors (Lipinski definition) is 6. The number of benzene rings is 4. The third-order valence-electron chi connectivity index (χ3n) is 5.68. The summed E-state index contributed by atoms with van der Waals surface area (Å²) >= 11 is 12.1. The normalized spacial score (nSPS) is 11.1. The first kappa shape index (κ1) is 27.5. The van der Waals surface area contributed by atoms with Crippen molar-refractivity contribution in [3.05, 3.63) is 110 Å². The lowest BCUT2D eigenvalue weighted by Gasteiger charge is -2.14. The molecule has 0 aliphatic rings. The largest absolute Gasteiger partial charge is 0.490 e. The van der Waals surface area contributed by atoms with E-state index in [0.717, 1.165) is 28.5 Å². The Morgan fingerprint density at radius 3 is 2.44 bits per heavy atom. The molecular weight excluding hydrogens is 541 g/mol. The summed E-state index contributed by atoms with van der Waals surface area (Å²) in [4.78, 5) is 23.1. The van der Waals surface area contributed by atoms with Crippen LogP contribution < -0.4 is 14.8 Å². The third kappa shape index (κ3) is 6.47. The van der Waals surface area contributed by atoms with Gasteiger partial charge in [-0.15, -0.1) is 0 Å². The van der Waals surface area contributed by atoms with Gasteiger partial charge in [0.05, 0.1) is 27.3 Å². The summed E-state index contributed by atoms with van der Waals surface area (Å²) in [5.41, 5.74) is 0.926. The smallest absolute Gasteiger partial charge is 0.272 e. The number of non-ortho nitro benzene ring substituents is 1. The molecule has 0 bridgehead atoms. The van der Waals surface area contributed by atoms with Crippen molar-refractivity contribution in [1.82, 2.24) is 0 Å². The summed E-state index contributed by atoms with van der Waals surface area (Å²) in [6.07, 6.45) is 1.37. The van der Waals surface area contributed by atoms with Crippen LogP contribution in [-0.2, 0) is 11.4 Å². The molecule has 0 aliphatic heterocycles. The minimum Gasteiger partial charge on any atom is -0.490 e. The Hall–Kier alpha value is -4.58. The second kappa shape index (κ2) is 12.3. The van der Waals surface area contributed by atoms with Crippen molar-refractivity contribution < 1.29 is 19.2 Å². The van der Waals surface area contributed by atoms with Crippen molar-refractivity contribution in [2.24, 2.45) is 0 Å². The van der Waals surface area contributed by atoms with Crippen LogP contribution in [0, 0.1) is 21.4 Å². The fourth-order valence-corrected chi connectivity index (χ4v) is 4.43. The number of nitro groups is 1. The molecule has 1 amide bonds. The molecule has 4 aromatic rings. The highest BCUT2D eigenvalue weighted by molar-refractivity contribution is 6.40. The van der Waals surface area contributed by atoms with Crippen LogP contribution in [0.2, 0.25) is 10.0 Å². The predicted octanol–water partition coefficient (Wildman–Crippen LogP) is 7.58. The lowest BCUT2D eigenvalue weighted by Crippen LogP contribution is -2.14. The van der Waals surface area contributed by atoms with E-state index in [1.165, 1.54) is 6.08 Å². The van der Waals surface area contributed by atoms with Gasteiger partial charge < -0.3 is 14.8 Å². The number of carbonyl (C=O) groups excluding carboxylic acids is 1. The number of anilines is 1. The van der Waals surface area contributed by atoms with Gasteiger partial charge >= 0.3 is 0 Å². The van der Waals surface area contributed by atoms with E-state index in [-0.39, 0.29) is 27.0 Å². The molecule has 4 rings (SSSR count). The van der Waals surface area contributed by atoms with E-state index < -0.39 is 10.8 Å². The number of nitriles is 1. The molecule has 196 valence electrons. The molecule has 0 spiro atoms. The molecule has 0 radical (unpaired) electrons. The molecule has 8 nitrogen and oxygen atoms in total. The lowest BCUT2D eigenvalue weighted by molar-refractivity contribution is -0.384. The van der Waals surface area contributed by atoms with Gasteiger partial charge in [0.1, 0.15) is 18.2 Å². The van der Waals surface area contributed by atoms with Crippen LogP contribution in [0.3, 0.4) is 0 Å². The first-order valence-corrected chi connectivity index (χ1v) is 12.5. The summed E-state index contributed by atoms with van der Waals surface area (Å²) in [7, 11) is 0. The maximum absolute atomic E-state index is 12.8. The van der Waals surface area contributed by atoms with Crippen LogP contribution in [0.4, 0.5) is 11.4 Å². The summed E-state index contributed by atoms with van der Waals surface area (Å²) in [6, 6.07) is 23.1. The molecular formula is C29H21Cl2N3O5. The molecule has 0 fully saturated rings. The number of hydrogen-bond donors (Lipinski definition) is 1. The standard InChI is InChI=1S/C29H21Cl2N3O5/c1-2-38-27-13-18(10-11-26(27)39-17-20-8-5-7-19-6-3-4-9-23(19)20)12-21(16-32)29(35)33-28-24(30)14-22(34(36)37)15-25(28)31/h3-15H,2,17H2,1H3,(H,33,35)/b21-12+. The van der Waals surface area contributed by atoms with Crippen molar-refractivity contribution in [2.75, 3.05) is 11.9 Å². The molecule has 0 saturated carbocycles. The molecule has 0 atom stereocenters. The quantitative estimate of drug-likeness (QED) is 0.0974. The van der Waals surface area contributed by atoms with Crippen molar-refractivity contribution in [2.45, 2.75) is 13.5 Å². The van der Waals surface area contributed by atoms with Crippen LogP contribution >= 0.6 is 23.2 Å². The molecule has 0 aliphatic carbocycles. The van der Waals surface area contributed by atoms with Gasteiger partial charge in [-0.25, -0.2) is 0 Å². The van der Waals surface area contributed by atoms with Gasteiger partial charge in [0.25, 0.3) is 11.6 Å². The van der Waals surface area contributed by atoms with Gasteiger partial charge in [0, 0.05) is 12.1 Å². The SMILES string of the molecule is CCOc1cc(/C=C(\C#N)C(=O)Nc2c(Cl)cc([N+](=O)[O-])cc2Cl)ccc1OCc1cccc2ccccc12. The number of nitrogens with zero attached hydrogens (tertiary/aromatic N) is 2. The van der Waals surface area contributed by atoms with Gasteiger partial charge in [-0.2, -0.15) is 5.26 Å². The van der Waals surface area contributed by atoms with Gasteiger partial charge in [0.2, 0.25) is 0 Å². The number of nitro benzene ring substituents is 1. The summed E-state index contributed by atoms with van der Waals surface area (Å²) in [5.74, 6) is 0.171. The molecule has 4 aromatic carbocycles. The average Bonchev–Trinajstić information content (AvgIpc) is 2.93. The Morgan fingerprint density at radius 1 is 1.03 bits per heavy atom. The first-order valence-electron chi connectivity index (χ1n) is 11.7. The molecule has 0 heterocycles. The molecule has 0 unspecified atom stereocenters. The molecule has 0 aromatic heterocycles. The number of halogens is 2. The maximum atomic E-state index is 12.8. The number of rotatable bonds is 9. The van der Waals surface area contributed by atoms with Crippen molar-refractivity contribution in [3.8, 4) is 17.6 Å². The molecule has 39 heavy (non-hydrogen) atoms. The van der Waals surface area contributed by atoms with Gasteiger partial charge in [-0.05, 0) is 47.0 Å². The Balaban J connectivity index is 1.56. The van der Waals surface area contributed by atoms with E-state index in [1.807, 2.05) is 55.5 Å². The third-order valence-corrected chi connectivity index (χ3v) is 6.28. The second-order valence-electron chi connectivity index (χ2n) is 8.23. The number of carbonyl (C=O) groups is 1.